The molecule has 0 aromatic heterocycles. The van der Waals surface area contributed by atoms with Gasteiger partial charge in [-0.1, -0.05) is 0 Å². The minimum atomic E-state index is -3.43. The predicted octanol–water partition coefficient (Wildman–Crippen LogP) is -0.494. The molecule has 0 aromatic carbocycles. The number of methoxy groups -OCH3 is 1. The van der Waals surface area contributed by atoms with Crippen molar-refractivity contribution in [2.24, 2.45) is 0 Å². The van der Waals surface area contributed by atoms with Gasteiger partial charge >= 0.3 is 12.1 Å². The number of esters is 1. The van der Waals surface area contributed by atoms with Gasteiger partial charge in [0.25, 0.3) is 0 Å². The molecule has 7 nitrogen and oxygen atoms in total. The largest absolute Gasteiger partial charge is 0.469 e. The van der Waals surface area contributed by atoms with E-state index in [2.05, 4.69) is 14.8 Å². The summed E-state index contributed by atoms with van der Waals surface area (Å²) in [6.45, 7) is -0.107. The second kappa shape index (κ2) is 6.60. The van der Waals surface area contributed by atoms with Gasteiger partial charge in [-0.3, -0.25) is 14.4 Å². The molecule has 20 heavy (non-hydrogen) atoms. The van der Waals surface area contributed by atoms with Crippen molar-refractivity contribution in [3.05, 3.63) is 0 Å². The second-order valence-corrected chi connectivity index (χ2v) is 4.28. The Balaban J connectivity index is 2.75. The van der Waals surface area contributed by atoms with Crippen molar-refractivity contribution in [3.63, 3.8) is 0 Å². The number of nitrogens with zero attached hydrogens (tertiary/aromatic N) is 1. The summed E-state index contributed by atoms with van der Waals surface area (Å²) in [5.74, 6) is -2.04. The first kappa shape index (κ1) is 16.3. The number of nitrogens with one attached hydrogen (secondary N) is 1. The first-order chi connectivity index (χ1) is 9.25. The van der Waals surface area contributed by atoms with Crippen LogP contribution in [0.4, 0.5) is 8.78 Å². The lowest BCUT2D eigenvalue weighted by Crippen LogP contribution is -2.55. The normalized spacial score (nSPS) is 19.1. The van der Waals surface area contributed by atoms with Crippen LogP contribution in [0.15, 0.2) is 0 Å². The first-order valence-corrected chi connectivity index (χ1v) is 5.89. The van der Waals surface area contributed by atoms with E-state index in [1.165, 1.54) is 0 Å². The van der Waals surface area contributed by atoms with Crippen LogP contribution in [0.5, 0.6) is 0 Å². The third-order valence-corrected chi connectivity index (χ3v) is 2.64. The highest BCUT2D eigenvalue weighted by Gasteiger charge is 2.40. The van der Waals surface area contributed by atoms with E-state index in [1.807, 2.05) is 0 Å². The standard InChI is InChI=1S/C11H16F2N2O5/c1-7(16)14-8(5-9(17)19-2)10(18)15-3-4-20-11(12,13)6-15/h8H,3-6H2,1-2H3,(H,14,16). The summed E-state index contributed by atoms with van der Waals surface area (Å²) in [7, 11) is 1.13. The number of hydrogen-bond donors (Lipinski definition) is 1. The molecule has 1 aliphatic heterocycles. The molecule has 0 aromatic rings. The smallest absolute Gasteiger partial charge is 0.373 e. The molecule has 0 aliphatic carbocycles. The van der Waals surface area contributed by atoms with E-state index in [-0.39, 0.29) is 13.2 Å². The molecule has 114 valence electrons. The van der Waals surface area contributed by atoms with Crippen LogP contribution in [0, 0.1) is 0 Å². The second-order valence-electron chi connectivity index (χ2n) is 4.28. The third kappa shape index (κ3) is 4.72. The lowest BCUT2D eigenvalue weighted by atomic mass is 10.1. The molecular formula is C11H16F2N2O5. The Kier molecular flexibility index (Phi) is 5.37. The van der Waals surface area contributed by atoms with E-state index < -0.39 is 42.9 Å². The van der Waals surface area contributed by atoms with Gasteiger partial charge in [-0.2, -0.15) is 8.78 Å². The third-order valence-electron chi connectivity index (χ3n) is 2.64. The lowest BCUT2D eigenvalue weighted by molar-refractivity contribution is -0.267. The maximum Gasteiger partial charge on any atom is 0.373 e. The number of alkyl halides is 2. The van der Waals surface area contributed by atoms with Gasteiger partial charge in [0.2, 0.25) is 11.8 Å². The van der Waals surface area contributed by atoms with E-state index in [0.717, 1.165) is 18.9 Å². The van der Waals surface area contributed by atoms with Crippen LogP contribution in [0.1, 0.15) is 13.3 Å². The number of carbonyl (C=O) groups is 3. The van der Waals surface area contributed by atoms with Gasteiger partial charge in [0.15, 0.2) is 0 Å². The summed E-state index contributed by atoms with van der Waals surface area (Å²) in [4.78, 5) is 35.2. The molecule has 1 aliphatic rings. The number of ether oxygens (including phenoxy) is 2. The molecule has 1 N–H and O–H groups in total. The Morgan fingerprint density at radius 3 is 2.60 bits per heavy atom. The van der Waals surface area contributed by atoms with Gasteiger partial charge < -0.3 is 19.7 Å². The van der Waals surface area contributed by atoms with Gasteiger partial charge in [0.1, 0.15) is 12.6 Å². The zero-order valence-corrected chi connectivity index (χ0v) is 11.2. The predicted molar refractivity (Wildman–Crippen MR) is 61.7 cm³/mol. The van der Waals surface area contributed by atoms with Crippen LogP contribution in [0.25, 0.3) is 0 Å². The fourth-order valence-corrected chi connectivity index (χ4v) is 1.76. The minimum Gasteiger partial charge on any atom is -0.469 e. The SMILES string of the molecule is COC(=O)CC(NC(C)=O)C(=O)N1CCOC(F)(F)C1. The Labute approximate surface area is 114 Å². The van der Waals surface area contributed by atoms with Crippen LogP contribution in [0.2, 0.25) is 0 Å². The Morgan fingerprint density at radius 1 is 1.45 bits per heavy atom. The maximum atomic E-state index is 13.1. The van der Waals surface area contributed by atoms with Crippen LogP contribution in [0.3, 0.4) is 0 Å². The summed E-state index contributed by atoms with van der Waals surface area (Å²) in [5.41, 5.74) is 0. The van der Waals surface area contributed by atoms with Crippen LogP contribution in [-0.2, 0) is 23.9 Å². The number of hydrogen-bond acceptors (Lipinski definition) is 5. The van der Waals surface area contributed by atoms with Crippen LogP contribution < -0.4 is 5.32 Å². The molecule has 0 spiro atoms. The van der Waals surface area contributed by atoms with Crippen molar-refractivity contribution in [2.75, 3.05) is 26.8 Å². The summed E-state index contributed by atoms with van der Waals surface area (Å²) < 4.78 is 34.8. The average molecular weight is 294 g/mol. The van der Waals surface area contributed by atoms with Crippen LogP contribution >= 0.6 is 0 Å². The Hall–Kier alpha value is -1.77. The summed E-state index contributed by atoms with van der Waals surface area (Å²) in [5, 5.41) is 2.25. The molecule has 0 bridgehead atoms. The Morgan fingerprint density at radius 2 is 2.10 bits per heavy atom. The Bertz CT molecular complexity index is 402. The van der Waals surface area contributed by atoms with E-state index >= 15 is 0 Å². The molecule has 2 amide bonds. The molecule has 1 fully saturated rings. The summed E-state index contributed by atoms with van der Waals surface area (Å²) in [6.07, 6.45) is -3.85. The quantitative estimate of drug-likeness (QED) is 0.707. The number of carbonyl (C=O) groups excluding carboxylic acids is 3. The number of halogens is 2. The van der Waals surface area contributed by atoms with Gasteiger partial charge in [0, 0.05) is 13.5 Å². The maximum absolute atomic E-state index is 13.1. The van der Waals surface area contributed by atoms with E-state index in [4.69, 9.17) is 0 Å². The zero-order valence-electron chi connectivity index (χ0n) is 11.2. The number of amides is 2. The molecule has 0 radical (unpaired) electrons. The molecule has 1 rings (SSSR count). The van der Waals surface area contributed by atoms with Gasteiger partial charge in [-0.25, -0.2) is 0 Å². The average Bonchev–Trinajstić information content (AvgIpc) is 2.35. The fraction of sp³-hybridized carbons (Fsp3) is 0.727. The van der Waals surface area contributed by atoms with E-state index in [0.29, 0.717) is 0 Å². The van der Waals surface area contributed by atoms with Crippen LogP contribution in [-0.4, -0.2) is 61.6 Å². The van der Waals surface area contributed by atoms with E-state index in [1.54, 1.807) is 0 Å². The number of rotatable bonds is 4. The van der Waals surface area contributed by atoms with Gasteiger partial charge in [-0.05, 0) is 0 Å². The lowest BCUT2D eigenvalue weighted by Gasteiger charge is -2.34. The molecular weight excluding hydrogens is 278 g/mol. The molecule has 9 heteroatoms. The molecule has 1 saturated heterocycles. The highest BCUT2D eigenvalue weighted by Crippen LogP contribution is 2.21. The van der Waals surface area contributed by atoms with Crippen molar-refractivity contribution >= 4 is 17.8 Å². The van der Waals surface area contributed by atoms with Crippen molar-refractivity contribution in [1.82, 2.24) is 10.2 Å². The molecule has 1 heterocycles. The zero-order chi connectivity index (χ0) is 15.3. The first-order valence-electron chi connectivity index (χ1n) is 5.89. The van der Waals surface area contributed by atoms with E-state index in [9.17, 15) is 23.2 Å². The molecule has 1 atom stereocenters. The van der Waals surface area contributed by atoms with Crippen molar-refractivity contribution in [3.8, 4) is 0 Å². The number of morpholine rings is 1. The van der Waals surface area contributed by atoms with Crippen molar-refractivity contribution in [2.45, 2.75) is 25.5 Å². The molecule has 1 unspecified atom stereocenters. The summed E-state index contributed by atoms with van der Waals surface area (Å²) >= 11 is 0. The minimum absolute atomic E-state index is 0.0360. The summed E-state index contributed by atoms with van der Waals surface area (Å²) in [6, 6.07) is -1.23. The van der Waals surface area contributed by atoms with Crippen molar-refractivity contribution in [1.29, 1.82) is 0 Å². The molecule has 0 saturated carbocycles. The van der Waals surface area contributed by atoms with Crippen molar-refractivity contribution < 1.29 is 32.6 Å². The topological polar surface area (TPSA) is 84.9 Å². The fourth-order valence-electron chi connectivity index (χ4n) is 1.76. The van der Waals surface area contributed by atoms with Gasteiger partial charge in [0.05, 0.1) is 20.1 Å². The highest BCUT2D eigenvalue weighted by molar-refractivity contribution is 5.90. The van der Waals surface area contributed by atoms with Gasteiger partial charge in [-0.15, -0.1) is 0 Å². The monoisotopic (exact) mass is 294 g/mol. The highest BCUT2D eigenvalue weighted by atomic mass is 19.3.